The minimum atomic E-state index is -0.265. The van der Waals surface area contributed by atoms with Crippen molar-refractivity contribution < 1.29 is 9.13 Å². The summed E-state index contributed by atoms with van der Waals surface area (Å²) in [5.74, 6) is 1.52. The van der Waals surface area contributed by atoms with Crippen molar-refractivity contribution >= 4 is 34.2 Å². The molecule has 3 heterocycles. The summed E-state index contributed by atoms with van der Waals surface area (Å²) in [6.07, 6.45) is 2.63. The second kappa shape index (κ2) is 8.48. The number of hydrogen-bond donors (Lipinski definition) is 1. The van der Waals surface area contributed by atoms with E-state index in [0.717, 1.165) is 53.8 Å². The molecule has 1 aliphatic carbocycles. The molecular weight excluding hydrogens is 427 g/mol. The summed E-state index contributed by atoms with van der Waals surface area (Å²) in [6.45, 7) is 7.59. The van der Waals surface area contributed by atoms with E-state index >= 15 is 0 Å². The number of halogens is 1. The molecule has 0 bridgehead atoms. The van der Waals surface area contributed by atoms with Crippen LogP contribution >= 0.6 is 11.5 Å². The Hall–Kier alpha value is -3.04. The van der Waals surface area contributed by atoms with Crippen molar-refractivity contribution in [1.82, 2.24) is 19.2 Å². The van der Waals surface area contributed by atoms with Gasteiger partial charge in [0.1, 0.15) is 28.2 Å². The SMILES string of the molecule is CC1=Cc2cc(Oc3nc(Nc4cc(C)ns4)cc(N4CCN(C)CC4)n3)cc(F)c2C1. The summed E-state index contributed by atoms with van der Waals surface area (Å²) in [4.78, 5) is 13.7. The number of ether oxygens (including phenoxy) is 1. The average molecular weight is 453 g/mol. The summed E-state index contributed by atoms with van der Waals surface area (Å²) in [5.41, 5.74) is 3.64. The third-order valence-corrected chi connectivity index (χ3v) is 6.46. The number of nitrogens with one attached hydrogen (secondary N) is 1. The zero-order valence-corrected chi connectivity index (χ0v) is 19.2. The van der Waals surface area contributed by atoms with Gasteiger partial charge in [-0.05, 0) is 62.1 Å². The van der Waals surface area contributed by atoms with Crippen LogP contribution in [0.5, 0.6) is 11.8 Å². The second-order valence-electron chi connectivity index (χ2n) is 8.38. The predicted molar refractivity (Wildman–Crippen MR) is 126 cm³/mol. The van der Waals surface area contributed by atoms with E-state index in [1.165, 1.54) is 17.6 Å². The topological polar surface area (TPSA) is 66.4 Å². The van der Waals surface area contributed by atoms with Crippen LogP contribution in [0, 0.1) is 12.7 Å². The Labute approximate surface area is 190 Å². The van der Waals surface area contributed by atoms with E-state index in [4.69, 9.17) is 4.74 Å². The van der Waals surface area contributed by atoms with Crippen LogP contribution in [-0.2, 0) is 6.42 Å². The lowest BCUT2D eigenvalue weighted by molar-refractivity contribution is 0.311. The van der Waals surface area contributed by atoms with Crippen LogP contribution < -0.4 is 15.0 Å². The summed E-state index contributed by atoms with van der Waals surface area (Å²) < 4.78 is 24.9. The van der Waals surface area contributed by atoms with Crippen molar-refractivity contribution in [3.8, 4) is 11.8 Å². The molecule has 1 N–H and O–H groups in total. The summed E-state index contributed by atoms with van der Waals surface area (Å²) in [6, 6.07) is 7.33. The van der Waals surface area contributed by atoms with Crippen molar-refractivity contribution in [1.29, 1.82) is 0 Å². The molecule has 0 amide bonds. The summed E-state index contributed by atoms with van der Waals surface area (Å²) >= 11 is 1.37. The molecule has 3 aromatic rings. The lowest BCUT2D eigenvalue weighted by atomic mass is 10.1. The predicted octanol–water partition coefficient (Wildman–Crippen LogP) is 4.63. The first kappa shape index (κ1) is 20.8. The van der Waals surface area contributed by atoms with Crippen molar-refractivity contribution in [2.24, 2.45) is 0 Å². The highest BCUT2D eigenvalue weighted by Gasteiger charge is 2.20. The first-order chi connectivity index (χ1) is 15.4. The normalized spacial score (nSPS) is 16.1. The number of hydrogen-bond acceptors (Lipinski definition) is 8. The molecule has 1 fully saturated rings. The van der Waals surface area contributed by atoms with Gasteiger partial charge in [0.05, 0.1) is 5.69 Å². The number of anilines is 3. The van der Waals surface area contributed by atoms with E-state index in [9.17, 15) is 4.39 Å². The van der Waals surface area contributed by atoms with Gasteiger partial charge in [0.25, 0.3) is 0 Å². The molecule has 2 aromatic heterocycles. The Morgan fingerprint density at radius 1 is 1.06 bits per heavy atom. The molecule has 0 saturated carbocycles. The number of nitrogens with zero attached hydrogens (tertiary/aromatic N) is 5. The quantitative estimate of drug-likeness (QED) is 0.606. The van der Waals surface area contributed by atoms with Crippen LogP contribution in [0.1, 0.15) is 23.7 Å². The van der Waals surface area contributed by atoms with Crippen molar-refractivity contribution in [2.45, 2.75) is 20.3 Å². The van der Waals surface area contributed by atoms with Crippen LogP contribution in [0.25, 0.3) is 6.08 Å². The van der Waals surface area contributed by atoms with Crippen LogP contribution in [0.2, 0.25) is 0 Å². The third kappa shape index (κ3) is 4.44. The molecule has 5 rings (SSSR count). The maximum absolute atomic E-state index is 14.6. The molecular formula is C23H25FN6OS. The second-order valence-corrected chi connectivity index (χ2v) is 9.19. The molecule has 1 aliphatic heterocycles. The number of allylic oxidation sites excluding steroid dienone is 1. The standard InChI is InChI=1S/C23H25FN6OS/c1-14-8-16-11-17(12-19(24)18(16)9-14)31-23-26-20(25-22-10-15(2)28-32-22)13-21(27-23)30-6-4-29(3)5-7-30/h8,10-13H,4-7,9H2,1-3H3,(H,25,26,27). The first-order valence-electron chi connectivity index (χ1n) is 10.6. The Balaban J connectivity index is 1.46. The van der Waals surface area contributed by atoms with E-state index in [1.807, 2.05) is 38.1 Å². The van der Waals surface area contributed by atoms with Crippen LogP contribution in [0.3, 0.4) is 0 Å². The zero-order chi connectivity index (χ0) is 22.2. The summed E-state index contributed by atoms with van der Waals surface area (Å²) in [7, 11) is 2.11. The fourth-order valence-electron chi connectivity index (χ4n) is 3.98. The van der Waals surface area contributed by atoms with Crippen molar-refractivity contribution in [3.05, 3.63) is 52.5 Å². The number of likely N-dealkylation sites (N-methyl/N-ethyl adjacent to an activating group) is 1. The molecule has 0 spiro atoms. The van der Waals surface area contributed by atoms with Crippen molar-refractivity contribution in [2.75, 3.05) is 43.4 Å². The maximum Gasteiger partial charge on any atom is 0.325 e. The van der Waals surface area contributed by atoms with E-state index in [-0.39, 0.29) is 11.8 Å². The minimum Gasteiger partial charge on any atom is -0.424 e. The van der Waals surface area contributed by atoms with Gasteiger partial charge in [-0.15, -0.1) is 0 Å². The molecule has 32 heavy (non-hydrogen) atoms. The Bertz CT molecular complexity index is 1190. The van der Waals surface area contributed by atoms with Gasteiger partial charge in [0.2, 0.25) is 0 Å². The first-order valence-corrected chi connectivity index (χ1v) is 11.4. The van der Waals surface area contributed by atoms with Gasteiger partial charge in [-0.2, -0.15) is 14.3 Å². The fraction of sp³-hybridized carbons (Fsp3) is 0.348. The molecule has 0 radical (unpaired) electrons. The van der Waals surface area contributed by atoms with E-state index < -0.39 is 0 Å². The van der Waals surface area contributed by atoms with Crippen LogP contribution in [0.4, 0.5) is 21.0 Å². The number of rotatable bonds is 5. The number of piperazine rings is 1. The lowest BCUT2D eigenvalue weighted by Crippen LogP contribution is -2.44. The highest BCUT2D eigenvalue weighted by atomic mass is 32.1. The van der Waals surface area contributed by atoms with Gasteiger partial charge >= 0.3 is 6.01 Å². The highest BCUT2D eigenvalue weighted by Crippen LogP contribution is 2.33. The Kier molecular flexibility index (Phi) is 5.52. The number of fused-ring (bicyclic) bond motifs is 1. The molecule has 1 saturated heterocycles. The number of aryl methyl sites for hydroxylation is 1. The lowest BCUT2D eigenvalue weighted by Gasteiger charge is -2.33. The molecule has 0 unspecified atom stereocenters. The van der Waals surface area contributed by atoms with Gasteiger partial charge in [-0.1, -0.05) is 11.6 Å². The van der Waals surface area contributed by atoms with Crippen molar-refractivity contribution in [3.63, 3.8) is 0 Å². The fourth-order valence-corrected chi connectivity index (χ4v) is 4.64. The monoisotopic (exact) mass is 452 g/mol. The highest BCUT2D eigenvalue weighted by molar-refractivity contribution is 7.10. The maximum atomic E-state index is 14.6. The Morgan fingerprint density at radius 3 is 2.62 bits per heavy atom. The summed E-state index contributed by atoms with van der Waals surface area (Å²) in [5, 5.41) is 4.19. The van der Waals surface area contributed by atoms with Gasteiger partial charge in [0, 0.05) is 38.3 Å². The zero-order valence-electron chi connectivity index (χ0n) is 18.4. The minimum absolute atomic E-state index is 0.184. The van der Waals surface area contributed by atoms with Gasteiger partial charge in [0.15, 0.2) is 0 Å². The van der Waals surface area contributed by atoms with Crippen LogP contribution in [0.15, 0.2) is 29.8 Å². The Morgan fingerprint density at radius 2 is 1.88 bits per heavy atom. The van der Waals surface area contributed by atoms with Gasteiger partial charge in [-0.3, -0.25) is 0 Å². The molecule has 9 heteroatoms. The third-order valence-electron chi connectivity index (χ3n) is 5.67. The van der Waals surface area contributed by atoms with Crippen LogP contribution in [-0.4, -0.2) is 52.5 Å². The van der Waals surface area contributed by atoms with Gasteiger partial charge < -0.3 is 19.9 Å². The molecule has 166 valence electrons. The average Bonchev–Trinajstić information content (AvgIpc) is 3.33. The molecule has 2 aliphatic rings. The van der Waals surface area contributed by atoms with E-state index in [1.54, 1.807) is 0 Å². The van der Waals surface area contributed by atoms with E-state index in [2.05, 4.69) is 36.5 Å². The van der Waals surface area contributed by atoms with E-state index in [0.29, 0.717) is 23.6 Å². The number of aromatic nitrogens is 3. The largest absolute Gasteiger partial charge is 0.424 e. The number of benzene rings is 1. The molecule has 7 nitrogen and oxygen atoms in total. The van der Waals surface area contributed by atoms with Gasteiger partial charge in [-0.25, -0.2) is 4.39 Å². The molecule has 0 atom stereocenters. The molecule has 1 aromatic carbocycles. The smallest absolute Gasteiger partial charge is 0.325 e.